The molecule has 0 atom stereocenters. The van der Waals surface area contributed by atoms with Crippen LogP contribution >= 0.6 is 11.6 Å². The van der Waals surface area contributed by atoms with Crippen molar-refractivity contribution in [3.8, 4) is 11.4 Å². The number of halogens is 4. The van der Waals surface area contributed by atoms with Gasteiger partial charge in [0.05, 0.1) is 5.69 Å². The molecular weight excluding hydrogens is 491 g/mol. The van der Waals surface area contributed by atoms with E-state index in [0.29, 0.717) is 18.5 Å². The number of likely N-dealkylation sites (tertiary alicyclic amines) is 2. The quantitative estimate of drug-likeness (QED) is 0.498. The lowest BCUT2D eigenvalue weighted by Crippen LogP contribution is -2.48. The molecule has 2 aliphatic rings. The Labute approximate surface area is 215 Å². The lowest BCUT2D eigenvalue weighted by molar-refractivity contribution is -0.141. The predicted molar refractivity (Wildman–Crippen MR) is 134 cm³/mol. The first-order chi connectivity index (χ1) is 16.8. The van der Waals surface area contributed by atoms with Crippen molar-refractivity contribution in [1.82, 2.24) is 24.6 Å². The summed E-state index contributed by atoms with van der Waals surface area (Å²) >= 11 is 6.42. The van der Waals surface area contributed by atoms with Crippen molar-refractivity contribution in [1.29, 1.82) is 0 Å². The van der Waals surface area contributed by atoms with Crippen LogP contribution < -0.4 is 0 Å². The monoisotopic (exact) mass is 525 g/mol. The molecular formula is C26H35ClF3N5O. The summed E-state index contributed by atoms with van der Waals surface area (Å²) in [6.07, 6.45) is 0.680. The summed E-state index contributed by atoms with van der Waals surface area (Å²) in [7, 11) is 1.56. The van der Waals surface area contributed by atoms with Gasteiger partial charge in [-0.3, -0.25) is 9.48 Å². The highest BCUT2D eigenvalue weighted by molar-refractivity contribution is 6.33. The molecule has 36 heavy (non-hydrogen) atoms. The number of carbonyl (C=O) groups is 1. The Morgan fingerprint density at radius 2 is 1.67 bits per heavy atom. The molecule has 0 N–H and O–H groups in total. The largest absolute Gasteiger partial charge is 0.433 e. The minimum absolute atomic E-state index is 0.0215. The van der Waals surface area contributed by atoms with E-state index in [1.807, 2.05) is 0 Å². The van der Waals surface area contributed by atoms with Crippen molar-refractivity contribution in [2.45, 2.75) is 59.1 Å². The van der Waals surface area contributed by atoms with Gasteiger partial charge in [-0.15, -0.1) is 0 Å². The number of amides is 1. The SMILES string of the molecule is Cn1nc(-c2cccc(C(F)(F)F)n2)c(C(=O)N2CCC3(CCN(CCC(C)(C)C)CC3)CC2)c1Cl. The third-order valence-electron chi connectivity index (χ3n) is 7.68. The fourth-order valence-electron chi connectivity index (χ4n) is 5.18. The van der Waals surface area contributed by atoms with Crippen LogP contribution in [0.5, 0.6) is 0 Å². The molecule has 0 bridgehead atoms. The van der Waals surface area contributed by atoms with Crippen molar-refractivity contribution >= 4 is 17.5 Å². The Kier molecular flexibility index (Phi) is 7.45. The van der Waals surface area contributed by atoms with Gasteiger partial charge in [-0.05, 0) is 74.7 Å². The summed E-state index contributed by atoms with van der Waals surface area (Å²) in [5.41, 5.74) is -0.290. The van der Waals surface area contributed by atoms with Gasteiger partial charge in [-0.2, -0.15) is 18.3 Å². The molecule has 2 aliphatic heterocycles. The van der Waals surface area contributed by atoms with E-state index in [-0.39, 0.29) is 33.4 Å². The van der Waals surface area contributed by atoms with E-state index in [1.54, 1.807) is 11.9 Å². The number of carbonyl (C=O) groups excluding carboxylic acids is 1. The molecule has 0 saturated carbocycles. The first kappa shape index (κ1) is 26.9. The molecule has 0 radical (unpaired) electrons. The summed E-state index contributed by atoms with van der Waals surface area (Å²) < 4.78 is 41.0. The number of nitrogens with zero attached hydrogens (tertiary/aromatic N) is 5. The molecule has 2 aromatic rings. The van der Waals surface area contributed by atoms with Gasteiger partial charge in [0.15, 0.2) is 0 Å². The van der Waals surface area contributed by atoms with E-state index in [4.69, 9.17) is 11.6 Å². The fourth-order valence-corrected chi connectivity index (χ4v) is 5.39. The van der Waals surface area contributed by atoms with Crippen molar-refractivity contribution in [2.75, 3.05) is 32.7 Å². The lowest BCUT2D eigenvalue weighted by Gasteiger charge is -2.47. The molecule has 198 valence electrons. The van der Waals surface area contributed by atoms with Gasteiger partial charge >= 0.3 is 6.18 Å². The summed E-state index contributed by atoms with van der Waals surface area (Å²) in [5.74, 6) is -0.306. The Bertz CT molecular complexity index is 1090. The summed E-state index contributed by atoms with van der Waals surface area (Å²) in [5, 5.41) is 4.35. The van der Waals surface area contributed by atoms with Gasteiger partial charge < -0.3 is 9.80 Å². The van der Waals surface area contributed by atoms with Crippen LogP contribution in [0.1, 0.15) is 68.9 Å². The second-order valence-corrected chi connectivity index (χ2v) is 11.8. The van der Waals surface area contributed by atoms with Crippen LogP contribution in [0.4, 0.5) is 13.2 Å². The van der Waals surface area contributed by atoms with Crippen LogP contribution in [-0.4, -0.2) is 63.2 Å². The molecule has 2 saturated heterocycles. The van der Waals surface area contributed by atoms with E-state index in [0.717, 1.165) is 51.4 Å². The molecule has 6 nitrogen and oxygen atoms in total. The predicted octanol–water partition coefficient (Wildman–Crippen LogP) is 5.91. The zero-order chi connectivity index (χ0) is 26.3. The molecule has 4 heterocycles. The number of pyridine rings is 1. The van der Waals surface area contributed by atoms with E-state index in [9.17, 15) is 18.0 Å². The molecule has 4 rings (SSSR count). The molecule has 10 heteroatoms. The minimum atomic E-state index is -4.59. The Hall–Kier alpha value is -2.13. The highest BCUT2D eigenvalue weighted by Crippen LogP contribution is 2.42. The van der Waals surface area contributed by atoms with Crippen molar-refractivity contribution < 1.29 is 18.0 Å². The van der Waals surface area contributed by atoms with Gasteiger partial charge in [0.25, 0.3) is 5.91 Å². The molecule has 2 aromatic heterocycles. The second kappa shape index (κ2) is 9.97. The number of piperidine rings is 2. The minimum Gasteiger partial charge on any atom is -0.338 e. The van der Waals surface area contributed by atoms with Crippen molar-refractivity contribution in [2.24, 2.45) is 17.9 Å². The lowest BCUT2D eigenvalue weighted by atomic mass is 9.71. The van der Waals surface area contributed by atoms with Gasteiger partial charge in [-0.25, -0.2) is 4.98 Å². The topological polar surface area (TPSA) is 54.3 Å². The molecule has 0 aromatic carbocycles. The average molecular weight is 526 g/mol. The first-order valence-corrected chi connectivity index (χ1v) is 12.9. The number of hydrogen-bond donors (Lipinski definition) is 0. The zero-order valence-corrected chi connectivity index (χ0v) is 22.2. The number of aryl methyl sites for hydroxylation is 1. The molecule has 0 unspecified atom stereocenters. The van der Waals surface area contributed by atoms with Crippen LogP contribution in [0.25, 0.3) is 11.4 Å². The molecule has 1 amide bonds. The van der Waals surface area contributed by atoms with Gasteiger partial charge in [0.2, 0.25) is 0 Å². The van der Waals surface area contributed by atoms with Crippen molar-refractivity contribution in [3.05, 3.63) is 34.6 Å². The highest BCUT2D eigenvalue weighted by Gasteiger charge is 2.40. The third-order valence-corrected chi connectivity index (χ3v) is 8.11. The van der Waals surface area contributed by atoms with Crippen LogP contribution in [0, 0.1) is 10.8 Å². The maximum absolute atomic E-state index is 13.5. The molecule has 2 fully saturated rings. The Balaban J connectivity index is 1.45. The highest BCUT2D eigenvalue weighted by atomic mass is 35.5. The standard InChI is InChI=1S/C26H35ClF3N5O/c1-24(2,3)8-13-34-14-9-25(10-15-34)11-16-35(17-12-25)23(36)20-21(32-33(4)22(20)27)18-6-5-7-19(31-18)26(28,29)30/h5-7H,8-17H2,1-4H3. The third kappa shape index (κ3) is 5.88. The maximum Gasteiger partial charge on any atom is 0.433 e. The average Bonchev–Trinajstić information content (AvgIpc) is 3.12. The number of rotatable bonds is 4. The van der Waals surface area contributed by atoms with Crippen LogP contribution in [-0.2, 0) is 13.2 Å². The van der Waals surface area contributed by atoms with E-state index >= 15 is 0 Å². The summed E-state index contributed by atoms with van der Waals surface area (Å²) in [6.45, 7) is 11.3. The molecule has 1 spiro atoms. The normalized spacial score (nSPS) is 19.2. The smallest absolute Gasteiger partial charge is 0.338 e. The van der Waals surface area contributed by atoms with Crippen LogP contribution in [0.3, 0.4) is 0 Å². The maximum atomic E-state index is 13.5. The van der Waals surface area contributed by atoms with Crippen molar-refractivity contribution in [3.63, 3.8) is 0 Å². The summed E-state index contributed by atoms with van der Waals surface area (Å²) in [4.78, 5) is 21.6. The van der Waals surface area contributed by atoms with Gasteiger partial charge in [0.1, 0.15) is 22.1 Å². The molecule has 0 aliphatic carbocycles. The number of alkyl halides is 3. The van der Waals surface area contributed by atoms with Crippen LogP contribution in [0.15, 0.2) is 18.2 Å². The Morgan fingerprint density at radius 1 is 1.06 bits per heavy atom. The van der Waals surface area contributed by atoms with Gasteiger partial charge in [0, 0.05) is 20.1 Å². The summed E-state index contributed by atoms with van der Waals surface area (Å²) in [6, 6.07) is 3.58. The van der Waals surface area contributed by atoms with Gasteiger partial charge in [-0.1, -0.05) is 38.4 Å². The van der Waals surface area contributed by atoms with E-state index in [1.165, 1.54) is 23.2 Å². The zero-order valence-electron chi connectivity index (χ0n) is 21.5. The number of hydrogen-bond acceptors (Lipinski definition) is 4. The fraction of sp³-hybridized carbons (Fsp3) is 0.654. The van der Waals surface area contributed by atoms with E-state index < -0.39 is 11.9 Å². The number of aromatic nitrogens is 3. The van der Waals surface area contributed by atoms with Crippen LogP contribution in [0.2, 0.25) is 5.15 Å². The first-order valence-electron chi connectivity index (χ1n) is 12.6. The Morgan fingerprint density at radius 3 is 2.25 bits per heavy atom. The second-order valence-electron chi connectivity index (χ2n) is 11.5. The van der Waals surface area contributed by atoms with E-state index in [2.05, 4.69) is 35.8 Å².